The van der Waals surface area contributed by atoms with Gasteiger partial charge in [0.2, 0.25) is 5.95 Å². The van der Waals surface area contributed by atoms with Crippen LogP contribution in [0.2, 0.25) is 0 Å². The van der Waals surface area contributed by atoms with Crippen molar-refractivity contribution < 1.29 is 37.4 Å². The summed E-state index contributed by atoms with van der Waals surface area (Å²) in [5.74, 6) is 4.07. The maximum absolute atomic E-state index is 13.2. The number of hydrogen-bond acceptors (Lipinski definition) is 11. The van der Waals surface area contributed by atoms with Crippen LogP contribution in [0.1, 0.15) is 45.9 Å². The highest BCUT2D eigenvalue weighted by Crippen LogP contribution is 2.36. The smallest absolute Gasteiger partial charge is 0.394 e. The third kappa shape index (κ3) is 10.7. The molecule has 3 atom stereocenters. The molecule has 248 valence electrons. The number of amides is 1. The Morgan fingerprint density at radius 2 is 2.11 bits per heavy atom. The van der Waals surface area contributed by atoms with Crippen LogP contribution >= 0.6 is 21.6 Å². The number of alkyl halides is 3. The fourth-order valence-electron chi connectivity index (χ4n) is 3.87. The number of halogens is 3. The summed E-state index contributed by atoms with van der Waals surface area (Å²) in [6.07, 6.45) is -3.33. The van der Waals surface area contributed by atoms with Crippen molar-refractivity contribution in [2.24, 2.45) is 10.1 Å². The molecule has 45 heavy (non-hydrogen) atoms. The van der Waals surface area contributed by atoms with Gasteiger partial charge in [-0.3, -0.25) is 14.6 Å². The number of carbonyl (C=O) groups is 1. The summed E-state index contributed by atoms with van der Waals surface area (Å²) >= 11 is 0. The number of carbonyl (C=O) groups excluding carboxylic acids is 1. The highest BCUT2D eigenvalue weighted by molar-refractivity contribution is 8.77. The van der Waals surface area contributed by atoms with Crippen LogP contribution in [0.3, 0.4) is 0 Å². The summed E-state index contributed by atoms with van der Waals surface area (Å²) in [4.78, 5) is 42.9. The Bertz CT molecular complexity index is 1510. The van der Waals surface area contributed by atoms with Crippen LogP contribution in [0.5, 0.6) is 0 Å². The minimum Gasteiger partial charge on any atom is -0.394 e. The molecule has 13 nitrogen and oxygen atoms in total. The normalized spacial score (nSPS) is 18.6. The van der Waals surface area contributed by atoms with Crippen molar-refractivity contribution in [2.45, 2.75) is 63.5 Å². The number of rotatable bonds is 13. The van der Waals surface area contributed by atoms with Gasteiger partial charge in [0.1, 0.15) is 24.9 Å². The van der Waals surface area contributed by atoms with Gasteiger partial charge in [-0.15, -0.1) is 0 Å². The van der Waals surface area contributed by atoms with Crippen molar-refractivity contribution in [3.8, 4) is 11.8 Å². The molecule has 0 spiro atoms. The molecule has 0 saturated carbocycles. The SMILES string of the molecule is CC(C)=NO[C@@H]1C[C@H](n2cc(C#CCOCSSC(C)(C)CNC(=O)C(F)(F)F)c3c(=O)[nH]c(N=CN(C)C)nc32)O[C@@H]1CO. The molecule has 0 unspecified atom stereocenters. The second kappa shape index (κ2) is 15.9. The topological polar surface area (TPSA) is 156 Å². The first kappa shape index (κ1) is 36.2. The van der Waals surface area contributed by atoms with Crippen molar-refractivity contribution in [3.63, 3.8) is 0 Å². The maximum Gasteiger partial charge on any atom is 0.471 e. The zero-order chi connectivity index (χ0) is 33.4. The number of nitrogens with zero attached hydrogens (tertiary/aromatic N) is 5. The van der Waals surface area contributed by atoms with Gasteiger partial charge in [-0.1, -0.05) is 38.6 Å². The van der Waals surface area contributed by atoms with Crippen LogP contribution in [0.25, 0.3) is 11.0 Å². The minimum absolute atomic E-state index is 0.00117. The Morgan fingerprint density at radius 1 is 1.38 bits per heavy atom. The number of oxime groups is 1. The molecule has 2 aromatic heterocycles. The number of aliphatic hydroxyl groups is 1. The van der Waals surface area contributed by atoms with Crippen molar-refractivity contribution in [1.29, 1.82) is 0 Å². The summed E-state index contributed by atoms with van der Waals surface area (Å²) in [6.45, 7) is 6.47. The van der Waals surface area contributed by atoms with Gasteiger partial charge < -0.3 is 34.2 Å². The first-order valence-electron chi connectivity index (χ1n) is 13.6. The molecule has 1 aliphatic heterocycles. The van der Waals surface area contributed by atoms with Crippen LogP contribution in [0.4, 0.5) is 19.1 Å². The summed E-state index contributed by atoms with van der Waals surface area (Å²) in [6, 6.07) is 0. The van der Waals surface area contributed by atoms with E-state index < -0.39 is 40.8 Å². The highest BCUT2D eigenvalue weighted by Gasteiger charge is 2.40. The zero-order valence-corrected chi connectivity index (χ0v) is 27.2. The molecule has 0 bridgehead atoms. The lowest BCUT2D eigenvalue weighted by Crippen LogP contribution is -2.42. The van der Waals surface area contributed by atoms with Crippen molar-refractivity contribution in [2.75, 3.05) is 39.8 Å². The minimum atomic E-state index is -4.93. The van der Waals surface area contributed by atoms with E-state index in [1.165, 1.54) is 27.9 Å². The number of aromatic nitrogens is 3. The average molecular weight is 676 g/mol. The van der Waals surface area contributed by atoms with E-state index in [-0.39, 0.29) is 42.7 Å². The van der Waals surface area contributed by atoms with E-state index in [9.17, 15) is 27.9 Å². The van der Waals surface area contributed by atoms with Crippen LogP contribution in [-0.4, -0.2) is 105 Å². The zero-order valence-electron chi connectivity index (χ0n) is 25.6. The number of aliphatic imine (C=N–C) groups is 1. The van der Waals surface area contributed by atoms with E-state index >= 15 is 0 Å². The van der Waals surface area contributed by atoms with Crippen molar-refractivity contribution in [1.82, 2.24) is 24.8 Å². The van der Waals surface area contributed by atoms with E-state index in [1.807, 2.05) is 5.32 Å². The van der Waals surface area contributed by atoms with Crippen molar-refractivity contribution >= 4 is 56.5 Å². The lowest BCUT2D eigenvalue weighted by Gasteiger charge is -2.23. The molecule has 1 amide bonds. The first-order chi connectivity index (χ1) is 21.1. The standard InChI is InChI=1S/C27H36F3N7O6S2/c1-16(2)35-43-18-10-20(42-19(18)12-38)37-11-17(21-22(37)33-25(34-23(21)39)32-14-36(5)6)8-7-9-41-15-44-45-26(3,4)13-31-24(40)27(28,29)30/h11,14,18-20,38H,9-10,12-13,15H2,1-6H3,(H,31,40)(H,33,34,39)/t18-,19-,20-/m1/s1. The first-order valence-corrected chi connectivity index (χ1v) is 15.9. The summed E-state index contributed by atoms with van der Waals surface area (Å²) in [5.41, 5.74) is 0.884. The molecule has 0 aromatic carbocycles. The number of aromatic amines is 1. The Morgan fingerprint density at radius 3 is 2.76 bits per heavy atom. The van der Waals surface area contributed by atoms with E-state index in [1.54, 1.807) is 57.5 Å². The summed E-state index contributed by atoms with van der Waals surface area (Å²) < 4.78 is 49.8. The Balaban J connectivity index is 1.74. The molecule has 3 N–H and O–H groups in total. The van der Waals surface area contributed by atoms with E-state index in [4.69, 9.17) is 14.3 Å². The summed E-state index contributed by atoms with van der Waals surface area (Å²) in [7, 11) is 6.07. The number of fused-ring (bicyclic) bond motifs is 1. The predicted molar refractivity (Wildman–Crippen MR) is 167 cm³/mol. The molecular formula is C27H36F3N7O6S2. The number of ether oxygens (including phenoxy) is 2. The summed E-state index contributed by atoms with van der Waals surface area (Å²) in [5, 5.41) is 16.0. The largest absolute Gasteiger partial charge is 0.471 e. The maximum atomic E-state index is 13.2. The van der Waals surface area contributed by atoms with Crippen LogP contribution in [0, 0.1) is 11.8 Å². The number of aliphatic hydroxyl groups excluding tert-OH is 1. The number of hydrogen-bond donors (Lipinski definition) is 3. The fraction of sp³-hybridized carbons (Fsp3) is 0.593. The highest BCUT2D eigenvalue weighted by atomic mass is 33.1. The van der Waals surface area contributed by atoms with E-state index in [0.29, 0.717) is 17.7 Å². The van der Waals surface area contributed by atoms with Gasteiger partial charge in [0.05, 0.1) is 29.6 Å². The lowest BCUT2D eigenvalue weighted by molar-refractivity contribution is -0.173. The third-order valence-corrected chi connectivity index (χ3v) is 8.84. The van der Waals surface area contributed by atoms with Gasteiger partial charge in [0.25, 0.3) is 5.56 Å². The van der Waals surface area contributed by atoms with Gasteiger partial charge in [0.15, 0.2) is 11.8 Å². The Kier molecular flexibility index (Phi) is 12.8. The molecule has 3 heterocycles. The molecule has 0 radical (unpaired) electrons. The number of H-pyrrole nitrogens is 1. The van der Waals surface area contributed by atoms with Crippen LogP contribution in [0.15, 0.2) is 21.1 Å². The van der Waals surface area contributed by atoms with E-state index in [2.05, 4.69) is 32.0 Å². The molecule has 2 aromatic rings. The van der Waals surface area contributed by atoms with Gasteiger partial charge in [-0.25, -0.2) is 4.99 Å². The van der Waals surface area contributed by atoms with Gasteiger partial charge in [-0.05, 0) is 27.7 Å². The third-order valence-electron chi connectivity index (χ3n) is 5.87. The Hall–Kier alpha value is -3.24. The molecule has 1 fully saturated rings. The Labute approximate surface area is 265 Å². The second-order valence-electron chi connectivity index (χ2n) is 10.9. The van der Waals surface area contributed by atoms with Crippen LogP contribution in [-0.2, 0) is 19.1 Å². The molecular weight excluding hydrogens is 639 g/mol. The molecule has 3 rings (SSSR count). The monoisotopic (exact) mass is 675 g/mol. The molecule has 18 heteroatoms. The molecule has 1 saturated heterocycles. The fourth-order valence-corrected chi connectivity index (χ4v) is 6.01. The molecule has 1 aliphatic rings. The molecule has 0 aliphatic carbocycles. The van der Waals surface area contributed by atoms with Crippen LogP contribution < -0.4 is 10.9 Å². The quantitative estimate of drug-likeness (QED) is 0.0549. The van der Waals surface area contributed by atoms with Gasteiger partial charge in [-0.2, -0.15) is 18.2 Å². The lowest BCUT2D eigenvalue weighted by atomic mass is 10.2. The van der Waals surface area contributed by atoms with Gasteiger partial charge in [0, 0.05) is 38.0 Å². The second-order valence-corrected chi connectivity index (χ2v) is 13.8. The van der Waals surface area contributed by atoms with E-state index in [0.717, 1.165) is 0 Å². The average Bonchev–Trinajstić information content (AvgIpc) is 3.54. The van der Waals surface area contributed by atoms with Crippen molar-refractivity contribution in [3.05, 3.63) is 22.1 Å². The van der Waals surface area contributed by atoms with Gasteiger partial charge >= 0.3 is 12.1 Å². The predicted octanol–water partition coefficient (Wildman–Crippen LogP) is 3.17. The number of nitrogens with one attached hydrogen (secondary N) is 2.